The van der Waals surface area contributed by atoms with Crippen molar-refractivity contribution >= 4 is 45.8 Å². The van der Waals surface area contributed by atoms with Crippen LogP contribution in [0.5, 0.6) is 0 Å². The van der Waals surface area contributed by atoms with Gasteiger partial charge < -0.3 is 25.2 Å². The van der Waals surface area contributed by atoms with Crippen molar-refractivity contribution in [1.29, 1.82) is 0 Å². The fourth-order valence-corrected chi connectivity index (χ4v) is 5.92. The molecule has 2 aliphatic rings. The number of carbonyl (C=O) groups excluding carboxylic acids is 3. The first kappa shape index (κ1) is 29.5. The fraction of sp³-hybridized carbons (Fsp3) is 0.433. The summed E-state index contributed by atoms with van der Waals surface area (Å²) in [6.07, 6.45) is 3.85. The summed E-state index contributed by atoms with van der Waals surface area (Å²) in [5, 5.41) is 9.10. The van der Waals surface area contributed by atoms with Crippen molar-refractivity contribution < 1.29 is 19.1 Å². The SMILES string of the molecule is Cc1ccc(NC(=O)Nc2sc(C(C)(C)C)cc2C(=O)N2CCNC(=O)CC2)cc1-c1cnc(N2CCOCC2)nc1. The minimum Gasteiger partial charge on any atom is -0.378 e. The Morgan fingerprint density at radius 1 is 1.02 bits per heavy atom. The van der Waals surface area contributed by atoms with Crippen LogP contribution in [0.15, 0.2) is 36.7 Å². The summed E-state index contributed by atoms with van der Waals surface area (Å²) in [6.45, 7) is 12.2. The van der Waals surface area contributed by atoms with E-state index in [1.807, 2.05) is 31.2 Å². The number of nitrogens with one attached hydrogen (secondary N) is 3. The van der Waals surface area contributed by atoms with Crippen LogP contribution in [-0.4, -0.2) is 78.7 Å². The summed E-state index contributed by atoms with van der Waals surface area (Å²) in [5.74, 6) is 0.403. The minimum atomic E-state index is -0.451. The number of urea groups is 1. The molecule has 4 heterocycles. The van der Waals surface area contributed by atoms with Crippen molar-refractivity contribution in [2.24, 2.45) is 0 Å². The predicted octanol–water partition coefficient (Wildman–Crippen LogP) is 4.25. The van der Waals surface area contributed by atoms with Gasteiger partial charge in [0, 0.05) is 67.7 Å². The van der Waals surface area contributed by atoms with Crippen LogP contribution < -0.4 is 20.9 Å². The Morgan fingerprint density at radius 2 is 1.76 bits per heavy atom. The van der Waals surface area contributed by atoms with Gasteiger partial charge in [-0.15, -0.1) is 11.3 Å². The number of aromatic nitrogens is 2. The van der Waals surface area contributed by atoms with Gasteiger partial charge in [0.25, 0.3) is 5.91 Å². The molecule has 3 aromatic rings. The molecule has 0 radical (unpaired) electrons. The number of hydrogen-bond donors (Lipinski definition) is 3. The van der Waals surface area contributed by atoms with Gasteiger partial charge in [0.2, 0.25) is 11.9 Å². The van der Waals surface area contributed by atoms with E-state index in [4.69, 9.17) is 4.74 Å². The number of hydrogen-bond acceptors (Lipinski definition) is 8. The third-order valence-corrected chi connectivity index (χ3v) is 8.74. The largest absolute Gasteiger partial charge is 0.378 e. The first-order valence-corrected chi connectivity index (χ1v) is 14.9. The monoisotopic (exact) mass is 591 g/mol. The Labute approximate surface area is 249 Å². The molecule has 3 N–H and O–H groups in total. The van der Waals surface area contributed by atoms with Gasteiger partial charge in [0.15, 0.2) is 0 Å². The maximum Gasteiger partial charge on any atom is 0.324 e. The first-order valence-electron chi connectivity index (χ1n) is 14.1. The van der Waals surface area contributed by atoms with Crippen molar-refractivity contribution in [1.82, 2.24) is 20.2 Å². The molecule has 2 aromatic heterocycles. The summed E-state index contributed by atoms with van der Waals surface area (Å²) in [5.41, 5.74) is 3.60. The summed E-state index contributed by atoms with van der Waals surface area (Å²) in [6, 6.07) is 7.07. The molecular weight excluding hydrogens is 554 g/mol. The Bertz CT molecular complexity index is 1460. The van der Waals surface area contributed by atoms with E-state index in [1.54, 1.807) is 17.3 Å². The van der Waals surface area contributed by atoms with Crippen LogP contribution in [0, 0.1) is 6.92 Å². The van der Waals surface area contributed by atoms with Crippen LogP contribution in [0.4, 0.5) is 21.4 Å². The molecule has 222 valence electrons. The Hall–Kier alpha value is -4.03. The highest BCUT2D eigenvalue weighted by Crippen LogP contribution is 2.37. The number of carbonyl (C=O) groups is 3. The lowest BCUT2D eigenvalue weighted by atomic mass is 9.94. The van der Waals surface area contributed by atoms with Crippen molar-refractivity contribution in [3.8, 4) is 11.1 Å². The summed E-state index contributed by atoms with van der Waals surface area (Å²) in [4.78, 5) is 52.4. The van der Waals surface area contributed by atoms with Crippen LogP contribution in [-0.2, 0) is 14.9 Å². The van der Waals surface area contributed by atoms with E-state index in [2.05, 4.69) is 51.6 Å². The van der Waals surface area contributed by atoms with Crippen LogP contribution in [0.2, 0.25) is 0 Å². The number of thiophene rings is 1. The Balaban J connectivity index is 1.32. The lowest BCUT2D eigenvalue weighted by molar-refractivity contribution is -0.120. The second-order valence-electron chi connectivity index (χ2n) is 11.5. The molecule has 0 spiro atoms. The van der Waals surface area contributed by atoms with E-state index < -0.39 is 6.03 Å². The molecule has 2 saturated heterocycles. The zero-order chi connectivity index (χ0) is 29.9. The Kier molecular flexibility index (Phi) is 8.74. The molecule has 2 aliphatic heterocycles. The van der Waals surface area contributed by atoms with Gasteiger partial charge in [0.1, 0.15) is 5.00 Å². The lowest BCUT2D eigenvalue weighted by Gasteiger charge is -2.26. The number of ether oxygens (including phenoxy) is 1. The van der Waals surface area contributed by atoms with Gasteiger partial charge in [-0.3, -0.25) is 14.9 Å². The highest BCUT2D eigenvalue weighted by atomic mass is 32.1. The first-order chi connectivity index (χ1) is 20.1. The highest BCUT2D eigenvalue weighted by Gasteiger charge is 2.28. The second kappa shape index (κ2) is 12.5. The maximum absolute atomic E-state index is 13.5. The average Bonchev–Trinajstić information content (AvgIpc) is 3.28. The van der Waals surface area contributed by atoms with Gasteiger partial charge in [-0.05, 0) is 41.7 Å². The van der Waals surface area contributed by atoms with E-state index in [0.29, 0.717) is 55.0 Å². The van der Waals surface area contributed by atoms with Gasteiger partial charge in [-0.2, -0.15) is 0 Å². The molecule has 12 heteroatoms. The summed E-state index contributed by atoms with van der Waals surface area (Å²) >= 11 is 1.39. The maximum atomic E-state index is 13.5. The van der Waals surface area contributed by atoms with Crippen LogP contribution >= 0.6 is 11.3 Å². The van der Waals surface area contributed by atoms with Gasteiger partial charge >= 0.3 is 6.03 Å². The molecule has 2 fully saturated rings. The summed E-state index contributed by atoms with van der Waals surface area (Å²) < 4.78 is 5.41. The quantitative estimate of drug-likeness (QED) is 0.405. The van der Waals surface area contributed by atoms with Gasteiger partial charge in [0.05, 0.1) is 18.8 Å². The van der Waals surface area contributed by atoms with E-state index in [1.165, 1.54) is 11.3 Å². The number of rotatable bonds is 5. The van der Waals surface area contributed by atoms with Gasteiger partial charge in [-0.1, -0.05) is 26.8 Å². The van der Waals surface area contributed by atoms with E-state index in [0.717, 1.165) is 34.7 Å². The van der Waals surface area contributed by atoms with Crippen molar-refractivity contribution in [2.45, 2.75) is 39.5 Å². The molecule has 5 rings (SSSR count). The Morgan fingerprint density at radius 3 is 2.48 bits per heavy atom. The smallest absolute Gasteiger partial charge is 0.324 e. The standard InChI is InChI=1S/C30H37N7O4S/c1-19-5-6-21(15-22(19)20-17-32-28(33-18-20)37-11-13-41-14-12-37)34-29(40)35-26-23(16-24(42-26)30(2,3)4)27(39)36-9-7-25(38)31-8-10-36/h5-6,15-18H,7-14H2,1-4H3,(H,31,38)(H2,34,35,40). The molecule has 42 heavy (non-hydrogen) atoms. The lowest BCUT2D eigenvalue weighted by Crippen LogP contribution is -2.37. The van der Waals surface area contributed by atoms with Crippen LogP contribution in [0.1, 0.15) is 48.0 Å². The topological polar surface area (TPSA) is 129 Å². The predicted molar refractivity (Wildman–Crippen MR) is 164 cm³/mol. The van der Waals surface area contributed by atoms with E-state index in [-0.39, 0.29) is 23.7 Å². The molecule has 0 bridgehead atoms. The molecule has 1 aromatic carbocycles. The molecule has 0 unspecified atom stereocenters. The zero-order valence-electron chi connectivity index (χ0n) is 24.5. The number of morpholine rings is 1. The van der Waals surface area contributed by atoms with E-state index >= 15 is 0 Å². The molecule has 11 nitrogen and oxygen atoms in total. The number of benzene rings is 1. The third-order valence-electron chi connectivity index (χ3n) is 7.27. The van der Waals surface area contributed by atoms with Crippen molar-refractivity contribution in [2.75, 3.05) is 61.5 Å². The number of aryl methyl sites for hydroxylation is 1. The molecule has 0 aliphatic carbocycles. The molecule has 0 saturated carbocycles. The van der Waals surface area contributed by atoms with Crippen molar-refractivity contribution in [3.63, 3.8) is 0 Å². The molecule has 0 atom stereocenters. The normalized spacial score (nSPS) is 16.0. The second-order valence-corrected chi connectivity index (χ2v) is 12.5. The molecular formula is C30H37N7O4S. The summed E-state index contributed by atoms with van der Waals surface area (Å²) in [7, 11) is 0. The third kappa shape index (κ3) is 6.88. The van der Waals surface area contributed by atoms with Gasteiger partial charge in [-0.25, -0.2) is 14.8 Å². The fourth-order valence-electron chi connectivity index (χ4n) is 4.82. The van der Waals surface area contributed by atoms with Crippen LogP contribution in [0.25, 0.3) is 11.1 Å². The van der Waals surface area contributed by atoms with Crippen LogP contribution in [0.3, 0.4) is 0 Å². The van der Waals surface area contributed by atoms with E-state index in [9.17, 15) is 14.4 Å². The molecule has 4 amide bonds. The van der Waals surface area contributed by atoms with Crippen molar-refractivity contribution in [3.05, 3.63) is 52.7 Å². The average molecular weight is 592 g/mol. The highest BCUT2D eigenvalue weighted by molar-refractivity contribution is 7.16. The number of amides is 4. The minimum absolute atomic E-state index is 0.0687. The number of anilines is 3. The number of nitrogens with zero attached hydrogens (tertiary/aromatic N) is 4. The zero-order valence-corrected chi connectivity index (χ0v) is 25.3.